The average Bonchev–Trinajstić information content (AvgIpc) is 3.35. The first-order chi connectivity index (χ1) is 33.8. The van der Waals surface area contributed by atoms with Gasteiger partial charge in [0.25, 0.3) is 0 Å². The monoisotopic (exact) mass is 962 g/mol. The molecule has 6 N–H and O–H groups in total. The fraction of sp³-hybridized carbons (Fsp3) is 0.650. The van der Waals surface area contributed by atoms with Crippen molar-refractivity contribution in [2.24, 2.45) is 0 Å². The molecule has 0 aromatic rings. The van der Waals surface area contributed by atoms with Gasteiger partial charge >= 0.3 is 0 Å². The Morgan fingerprint density at radius 2 is 0.899 bits per heavy atom. The molecule has 0 spiro atoms. The Morgan fingerprint density at radius 1 is 0.507 bits per heavy atom. The number of carbonyl (C=O) groups is 1. The van der Waals surface area contributed by atoms with Gasteiger partial charge in [0, 0.05) is 6.42 Å². The smallest absolute Gasteiger partial charge is 0.220 e. The summed E-state index contributed by atoms with van der Waals surface area (Å²) in [6.07, 6.45) is 65.4. The van der Waals surface area contributed by atoms with Crippen LogP contribution in [-0.4, -0.2) is 87.5 Å². The standard InChI is InChI=1S/C60H99NO8/c1-3-5-7-9-11-13-15-16-17-18-19-20-21-22-23-24-25-26-27-28-29-30-31-32-33-34-35-36-37-38-40-42-44-46-48-50-56(64)61-53(52-68-60-59(67)58(66)57(65)55(51-62)69-60)54(63)49-47-45-43-41-39-14-12-10-8-6-4-2/h5,7,11,13,16-17,19-20,22-23,25-26,28-29,31-32,34-35,47,49,53-55,57-60,62-63,65-67H,3-4,6,8-10,12,14-15,18,21,24,27,30,33,36-46,48,50-52H2,1-2H3,(H,61,64)/b7-5-,13-11-,17-16-,20-19-,23-22-,26-25-,29-28-,32-31-,35-34-,49-47+. The Labute approximate surface area is 420 Å². The normalized spacial score (nSPS) is 20.5. The number of allylic oxidation sites excluding steroid dienone is 19. The van der Waals surface area contributed by atoms with Gasteiger partial charge in [0.15, 0.2) is 6.29 Å². The topological polar surface area (TPSA) is 149 Å². The second-order valence-corrected chi connectivity index (χ2v) is 18.3. The highest BCUT2D eigenvalue weighted by Gasteiger charge is 2.44. The van der Waals surface area contributed by atoms with Crippen LogP contribution < -0.4 is 5.32 Å². The highest BCUT2D eigenvalue weighted by atomic mass is 16.7. The third-order valence-electron chi connectivity index (χ3n) is 12.0. The molecule has 1 aliphatic rings. The summed E-state index contributed by atoms with van der Waals surface area (Å²) in [4.78, 5) is 13.0. The Kier molecular flexibility index (Phi) is 44.5. The predicted molar refractivity (Wildman–Crippen MR) is 290 cm³/mol. The molecule has 0 bridgehead atoms. The first-order valence-electron chi connectivity index (χ1n) is 27.3. The zero-order chi connectivity index (χ0) is 50.1. The molecule has 7 unspecified atom stereocenters. The van der Waals surface area contributed by atoms with Crippen molar-refractivity contribution < 1.29 is 39.8 Å². The zero-order valence-corrected chi connectivity index (χ0v) is 43.3. The lowest BCUT2D eigenvalue weighted by Crippen LogP contribution is -2.60. The van der Waals surface area contributed by atoms with E-state index in [4.69, 9.17) is 9.47 Å². The molecular weight excluding hydrogens is 863 g/mol. The van der Waals surface area contributed by atoms with Gasteiger partial charge in [0.1, 0.15) is 24.4 Å². The molecule has 0 aliphatic carbocycles. The molecule has 392 valence electrons. The second kappa shape index (κ2) is 48.2. The van der Waals surface area contributed by atoms with E-state index in [2.05, 4.69) is 129 Å². The lowest BCUT2D eigenvalue weighted by Gasteiger charge is -2.40. The first-order valence-corrected chi connectivity index (χ1v) is 27.3. The number of rotatable bonds is 44. The van der Waals surface area contributed by atoms with Gasteiger partial charge in [-0.15, -0.1) is 0 Å². The van der Waals surface area contributed by atoms with E-state index in [0.29, 0.717) is 6.42 Å². The van der Waals surface area contributed by atoms with Crippen LogP contribution in [0.3, 0.4) is 0 Å². The number of carbonyl (C=O) groups excluding carboxylic acids is 1. The van der Waals surface area contributed by atoms with Gasteiger partial charge in [0.2, 0.25) is 5.91 Å². The summed E-state index contributed by atoms with van der Waals surface area (Å²) in [6.45, 7) is 3.62. The minimum Gasteiger partial charge on any atom is -0.394 e. The molecule has 7 atom stereocenters. The van der Waals surface area contributed by atoms with Crippen molar-refractivity contribution in [1.82, 2.24) is 5.32 Å². The van der Waals surface area contributed by atoms with Crippen LogP contribution in [0, 0.1) is 0 Å². The van der Waals surface area contributed by atoms with E-state index in [1.807, 2.05) is 6.08 Å². The summed E-state index contributed by atoms with van der Waals surface area (Å²) in [7, 11) is 0. The Hall–Kier alpha value is -3.41. The third kappa shape index (κ3) is 38.0. The highest BCUT2D eigenvalue weighted by Crippen LogP contribution is 2.22. The Balaban J connectivity index is 2.19. The number of nitrogens with one attached hydrogen (secondary N) is 1. The maximum absolute atomic E-state index is 13.0. The summed E-state index contributed by atoms with van der Waals surface area (Å²) in [5.74, 6) is -0.196. The van der Waals surface area contributed by atoms with Gasteiger partial charge in [-0.3, -0.25) is 4.79 Å². The lowest BCUT2D eigenvalue weighted by atomic mass is 9.99. The quantitative estimate of drug-likeness (QED) is 0.0261. The molecule has 9 heteroatoms. The molecular formula is C60H99NO8. The maximum atomic E-state index is 13.0. The SMILES string of the molecule is CC/C=C\C/C=C\C/C=C\C/C=C\C/C=C\C/C=C\C/C=C\C/C=C\C/C=C\CCCCCCCCCC(=O)NC(COC1OC(CO)C(O)C(O)C1O)C(O)/C=C/CCCCCCCCCCC. The van der Waals surface area contributed by atoms with Gasteiger partial charge in [-0.1, -0.05) is 219 Å². The molecule has 69 heavy (non-hydrogen) atoms. The van der Waals surface area contributed by atoms with Crippen molar-refractivity contribution in [2.75, 3.05) is 13.2 Å². The van der Waals surface area contributed by atoms with Gasteiger partial charge in [-0.2, -0.15) is 0 Å². The Morgan fingerprint density at radius 3 is 1.33 bits per heavy atom. The molecule has 1 rings (SSSR count). The molecule has 0 radical (unpaired) electrons. The molecule has 0 saturated carbocycles. The third-order valence-corrected chi connectivity index (χ3v) is 12.0. The number of unbranched alkanes of at least 4 members (excludes halogenated alkanes) is 16. The van der Waals surface area contributed by atoms with Crippen LogP contribution in [0.25, 0.3) is 0 Å². The van der Waals surface area contributed by atoms with Crippen LogP contribution in [0.2, 0.25) is 0 Å². The first kappa shape index (κ1) is 63.6. The summed E-state index contributed by atoms with van der Waals surface area (Å²) in [5, 5.41) is 54.2. The number of ether oxygens (including phenoxy) is 2. The van der Waals surface area contributed by atoms with E-state index in [1.54, 1.807) is 6.08 Å². The zero-order valence-electron chi connectivity index (χ0n) is 43.3. The summed E-state index contributed by atoms with van der Waals surface area (Å²) in [5.41, 5.74) is 0. The number of hydrogen-bond donors (Lipinski definition) is 6. The van der Waals surface area contributed by atoms with Crippen molar-refractivity contribution in [2.45, 2.75) is 236 Å². The van der Waals surface area contributed by atoms with E-state index in [-0.39, 0.29) is 12.5 Å². The van der Waals surface area contributed by atoms with E-state index in [0.717, 1.165) is 109 Å². The van der Waals surface area contributed by atoms with E-state index >= 15 is 0 Å². The van der Waals surface area contributed by atoms with Gasteiger partial charge in [0.05, 0.1) is 25.4 Å². The summed E-state index contributed by atoms with van der Waals surface area (Å²) in [6, 6.07) is -0.818. The minimum absolute atomic E-state index is 0.196. The minimum atomic E-state index is -1.57. The van der Waals surface area contributed by atoms with Crippen LogP contribution in [0.1, 0.15) is 194 Å². The average molecular weight is 962 g/mol. The van der Waals surface area contributed by atoms with Crippen molar-refractivity contribution >= 4 is 5.91 Å². The van der Waals surface area contributed by atoms with Gasteiger partial charge < -0.3 is 40.3 Å². The largest absolute Gasteiger partial charge is 0.394 e. The molecule has 1 amide bonds. The van der Waals surface area contributed by atoms with Crippen molar-refractivity contribution in [1.29, 1.82) is 0 Å². The fourth-order valence-electron chi connectivity index (χ4n) is 7.74. The molecule has 1 aliphatic heterocycles. The maximum Gasteiger partial charge on any atom is 0.220 e. The number of aliphatic hydroxyl groups is 5. The van der Waals surface area contributed by atoms with Gasteiger partial charge in [-0.25, -0.2) is 0 Å². The second-order valence-electron chi connectivity index (χ2n) is 18.3. The van der Waals surface area contributed by atoms with E-state index in [1.165, 1.54) is 64.2 Å². The van der Waals surface area contributed by atoms with Crippen LogP contribution in [-0.2, 0) is 14.3 Å². The van der Waals surface area contributed by atoms with Crippen LogP contribution in [0.5, 0.6) is 0 Å². The molecule has 9 nitrogen and oxygen atoms in total. The van der Waals surface area contributed by atoms with Crippen LogP contribution >= 0.6 is 0 Å². The van der Waals surface area contributed by atoms with Crippen LogP contribution in [0.15, 0.2) is 122 Å². The Bertz CT molecular complexity index is 1490. The number of amides is 1. The lowest BCUT2D eigenvalue weighted by molar-refractivity contribution is -0.302. The molecule has 1 heterocycles. The van der Waals surface area contributed by atoms with E-state index < -0.39 is 49.5 Å². The summed E-state index contributed by atoms with van der Waals surface area (Å²) < 4.78 is 11.2. The van der Waals surface area contributed by atoms with E-state index in [9.17, 15) is 30.3 Å². The molecule has 0 aromatic heterocycles. The fourth-order valence-corrected chi connectivity index (χ4v) is 7.74. The van der Waals surface area contributed by atoms with Crippen molar-refractivity contribution in [3.63, 3.8) is 0 Å². The number of hydrogen-bond acceptors (Lipinski definition) is 8. The molecule has 1 fully saturated rings. The molecule has 1 saturated heterocycles. The predicted octanol–water partition coefficient (Wildman–Crippen LogP) is 13.2. The van der Waals surface area contributed by atoms with Crippen LogP contribution in [0.4, 0.5) is 0 Å². The summed E-state index contributed by atoms with van der Waals surface area (Å²) >= 11 is 0. The highest BCUT2D eigenvalue weighted by molar-refractivity contribution is 5.76. The molecule has 0 aromatic carbocycles. The van der Waals surface area contributed by atoms with Gasteiger partial charge in [-0.05, 0) is 89.9 Å². The van der Waals surface area contributed by atoms with Crippen molar-refractivity contribution in [3.8, 4) is 0 Å². The van der Waals surface area contributed by atoms with Crippen molar-refractivity contribution in [3.05, 3.63) is 122 Å². The number of aliphatic hydroxyl groups excluding tert-OH is 5.